The normalized spacial score (nSPS) is 23.0. The average Bonchev–Trinajstić information content (AvgIpc) is 2.90. The van der Waals surface area contributed by atoms with E-state index in [1.165, 1.54) is 24.6 Å². The lowest BCUT2D eigenvalue weighted by Crippen LogP contribution is -2.55. The largest absolute Gasteiger partial charge is 0.463 e. The van der Waals surface area contributed by atoms with Gasteiger partial charge in [0.2, 0.25) is 0 Å². The minimum absolute atomic E-state index is 0.303. The maximum absolute atomic E-state index is 12.3. The van der Waals surface area contributed by atoms with Crippen molar-refractivity contribution in [2.24, 2.45) is 10.8 Å². The third kappa shape index (κ3) is 17.3. The molecule has 2 rings (SSSR count). The Balaban J connectivity index is 0.000000480. The maximum Gasteiger partial charge on any atom is 0.332 e. The first-order valence-corrected chi connectivity index (χ1v) is 24.0. The number of esters is 2. The number of ether oxygens (including phenoxy) is 6. The Morgan fingerprint density at radius 3 is 1.23 bits per heavy atom. The molecule has 0 aromatic carbocycles. The summed E-state index contributed by atoms with van der Waals surface area (Å²) >= 11 is 0. The molecule has 0 bridgehead atoms. The summed E-state index contributed by atoms with van der Waals surface area (Å²) in [4.78, 5) is 47.9. The Labute approximate surface area is 290 Å². The molecule has 2 atom stereocenters. The molecule has 2 heterocycles. The standard InChI is InChI=1S/2C17H31NO5Si/c2*1-16(2)12-22-17(3,4)23-14(16)15(20)18-9-8-13(19)21-10-11-24(5,6)7/h2*8-9,14H,10-12H2,1-7H3,(H,18,20)/b9-8+;9-8-/t2*14-/m00/s1. The van der Waals surface area contributed by atoms with Gasteiger partial charge in [0.05, 0.1) is 26.4 Å². The molecule has 0 aliphatic carbocycles. The van der Waals surface area contributed by atoms with Gasteiger partial charge in [0.1, 0.15) is 12.2 Å². The molecule has 2 aliphatic rings. The minimum Gasteiger partial charge on any atom is -0.463 e. The lowest BCUT2D eigenvalue weighted by Gasteiger charge is -2.44. The second kappa shape index (κ2) is 17.5. The minimum atomic E-state index is -1.22. The van der Waals surface area contributed by atoms with Crippen molar-refractivity contribution < 1.29 is 47.6 Å². The van der Waals surface area contributed by atoms with Gasteiger partial charge in [0.15, 0.2) is 11.6 Å². The Morgan fingerprint density at radius 1 is 0.625 bits per heavy atom. The van der Waals surface area contributed by atoms with Gasteiger partial charge in [0, 0.05) is 51.5 Å². The van der Waals surface area contributed by atoms with Crippen LogP contribution in [0.25, 0.3) is 0 Å². The van der Waals surface area contributed by atoms with Gasteiger partial charge in [-0.25, -0.2) is 9.59 Å². The van der Waals surface area contributed by atoms with Gasteiger partial charge in [-0.15, -0.1) is 0 Å². The summed E-state index contributed by atoms with van der Waals surface area (Å²) in [5, 5.41) is 5.18. The van der Waals surface area contributed by atoms with Gasteiger partial charge < -0.3 is 39.1 Å². The molecule has 14 heteroatoms. The molecule has 0 unspecified atom stereocenters. The Bertz CT molecular complexity index is 1080. The third-order valence-electron chi connectivity index (χ3n) is 7.37. The van der Waals surface area contributed by atoms with Crippen molar-refractivity contribution in [3.05, 3.63) is 24.6 Å². The number of carbonyl (C=O) groups excluding carboxylic acids is 4. The number of nitrogens with one attached hydrogen (secondary N) is 2. The molecule has 2 saturated heterocycles. The van der Waals surface area contributed by atoms with Crippen LogP contribution in [0.1, 0.15) is 55.4 Å². The number of rotatable bonds is 12. The van der Waals surface area contributed by atoms with E-state index in [4.69, 9.17) is 28.4 Å². The Hall–Kier alpha value is -2.37. The topological polar surface area (TPSA) is 148 Å². The Kier molecular flexibility index (Phi) is 15.9. The van der Waals surface area contributed by atoms with Crippen molar-refractivity contribution in [1.82, 2.24) is 10.6 Å². The van der Waals surface area contributed by atoms with Crippen LogP contribution >= 0.6 is 0 Å². The second-order valence-electron chi connectivity index (χ2n) is 17.0. The highest BCUT2D eigenvalue weighted by Crippen LogP contribution is 2.36. The fourth-order valence-electron chi connectivity index (χ4n) is 4.19. The number of hydrogen-bond donors (Lipinski definition) is 2. The van der Waals surface area contributed by atoms with E-state index in [9.17, 15) is 19.2 Å². The summed E-state index contributed by atoms with van der Waals surface area (Å²) in [6.07, 6.45) is 3.74. The highest BCUT2D eigenvalue weighted by molar-refractivity contribution is 6.76. The summed E-state index contributed by atoms with van der Waals surface area (Å²) in [6, 6.07) is 1.83. The number of hydrogen-bond acceptors (Lipinski definition) is 10. The highest BCUT2D eigenvalue weighted by atomic mass is 28.3. The van der Waals surface area contributed by atoms with Gasteiger partial charge in [-0.3, -0.25) is 9.59 Å². The number of carbonyl (C=O) groups is 4. The first-order valence-electron chi connectivity index (χ1n) is 16.6. The second-order valence-corrected chi connectivity index (χ2v) is 28.2. The smallest absolute Gasteiger partial charge is 0.332 e. The van der Waals surface area contributed by atoms with E-state index >= 15 is 0 Å². The first kappa shape index (κ1) is 43.7. The van der Waals surface area contributed by atoms with Gasteiger partial charge in [-0.05, 0) is 39.8 Å². The van der Waals surface area contributed by atoms with Crippen LogP contribution in [-0.4, -0.2) is 90.1 Å². The molecular weight excluding hydrogens is 653 g/mol. The molecule has 0 saturated carbocycles. The summed E-state index contributed by atoms with van der Waals surface area (Å²) in [7, 11) is -2.45. The Morgan fingerprint density at radius 2 is 0.938 bits per heavy atom. The van der Waals surface area contributed by atoms with Gasteiger partial charge in [0.25, 0.3) is 11.8 Å². The summed E-state index contributed by atoms with van der Waals surface area (Å²) in [6.45, 7) is 29.7. The van der Waals surface area contributed by atoms with E-state index in [0.29, 0.717) is 26.4 Å². The van der Waals surface area contributed by atoms with Crippen molar-refractivity contribution >= 4 is 39.9 Å². The van der Waals surface area contributed by atoms with E-state index in [0.717, 1.165) is 12.1 Å². The van der Waals surface area contributed by atoms with Crippen molar-refractivity contribution in [2.45, 2.75) is 131 Å². The van der Waals surface area contributed by atoms with Crippen LogP contribution in [-0.2, 0) is 47.6 Å². The zero-order valence-electron chi connectivity index (χ0n) is 31.8. The van der Waals surface area contributed by atoms with E-state index in [1.54, 1.807) is 27.7 Å². The van der Waals surface area contributed by atoms with E-state index < -0.39 is 62.7 Å². The van der Waals surface area contributed by atoms with Crippen molar-refractivity contribution in [3.8, 4) is 0 Å². The van der Waals surface area contributed by atoms with E-state index in [1.807, 2.05) is 27.7 Å². The van der Waals surface area contributed by atoms with Crippen LogP contribution in [0.2, 0.25) is 51.4 Å². The SMILES string of the molecule is CC1(C)OCC(C)(C)[C@H](C(=O)N/C=C/C(=O)OCC[Si](C)(C)C)O1.CC1(C)OCC(C)(C)[C@H](C(=O)N/C=C\C(=O)OCC[Si](C)(C)C)O1. The van der Waals surface area contributed by atoms with E-state index in [-0.39, 0.29) is 11.8 Å². The predicted molar refractivity (Wildman–Crippen MR) is 190 cm³/mol. The molecule has 2 N–H and O–H groups in total. The molecule has 2 fully saturated rings. The molecule has 0 aromatic rings. The molecular formula is C34H62N2O10Si2. The summed E-state index contributed by atoms with van der Waals surface area (Å²) in [5.74, 6) is -3.14. The zero-order chi connectivity index (χ0) is 37.2. The molecule has 0 radical (unpaired) electrons. The summed E-state index contributed by atoms with van der Waals surface area (Å²) < 4.78 is 32.9. The quantitative estimate of drug-likeness (QED) is 0.154. The molecule has 276 valence electrons. The van der Waals surface area contributed by atoms with Crippen LogP contribution in [0.3, 0.4) is 0 Å². The van der Waals surface area contributed by atoms with E-state index in [2.05, 4.69) is 49.9 Å². The van der Waals surface area contributed by atoms with Crippen molar-refractivity contribution in [1.29, 1.82) is 0 Å². The molecule has 0 spiro atoms. The van der Waals surface area contributed by atoms with Crippen LogP contribution in [0.4, 0.5) is 0 Å². The van der Waals surface area contributed by atoms with Crippen LogP contribution in [0.5, 0.6) is 0 Å². The van der Waals surface area contributed by atoms with Crippen molar-refractivity contribution in [3.63, 3.8) is 0 Å². The van der Waals surface area contributed by atoms with Gasteiger partial charge in [-0.2, -0.15) is 0 Å². The molecule has 12 nitrogen and oxygen atoms in total. The summed E-state index contributed by atoms with van der Waals surface area (Å²) in [5.41, 5.74) is -0.906. The third-order valence-corrected chi connectivity index (χ3v) is 10.8. The molecule has 48 heavy (non-hydrogen) atoms. The molecule has 2 aliphatic heterocycles. The maximum atomic E-state index is 12.3. The van der Waals surface area contributed by atoms with Crippen LogP contribution in [0.15, 0.2) is 24.6 Å². The molecule has 2 amide bonds. The lowest BCUT2D eigenvalue weighted by atomic mass is 9.85. The van der Waals surface area contributed by atoms with Gasteiger partial charge in [-0.1, -0.05) is 67.0 Å². The highest BCUT2D eigenvalue weighted by Gasteiger charge is 2.46. The van der Waals surface area contributed by atoms with Crippen LogP contribution in [0, 0.1) is 10.8 Å². The average molecular weight is 715 g/mol. The predicted octanol–water partition coefficient (Wildman–Crippen LogP) is 5.35. The van der Waals surface area contributed by atoms with Gasteiger partial charge >= 0.3 is 11.9 Å². The van der Waals surface area contributed by atoms with Crippen molar-refractivity contribution in [2.75, 3.05) is 26.4 Å². The van der Waals surface area contributed by atoms with Crippen LogP contribution < -0.4 is 10.6 Å². The number of amides is 2. The molecule has 0 aromatic heterocycles. The fraction of sp³-hybridized carbons (Fsp3) is 0.765. The monoisotopic (exact) mass is 714 g/mol. The lowest BCUT2D eigenvalue weighted by molar-refractivity contribution is -0.304. The first-order chi connectivity index (χ1) is 21.6. The fourth-order valence-corrected chi connectivity index (χ4v) is 5.62. The zero-order valence-corrected chi connectivity index (χ0v) is 33.8.